The zero-order valence-electron chi connectivity index (χ0n) is 13.0. The van der Waals surface area contributed by atoms with Crippen LogP contribution in [0.4, 0.5) is 0 Å². The topological polar surface area (TPSA) is 85.8 Å². The summed E-state index contributed by atoms with van der Waals surface area (Å²) in [6.07, 6.45) is 7.14. The van der Waals surface area contributed by atoms with Gasteiger partial charge in [0, 0.05) is 13.0 Å². The Bertz CT molecular complexity index is 607. The SMILES string of the molecule is O=C(CSCc1nnnn1C1CCCC1)NCCc1ccco1. The largest absolute Gasteiger partial charge is 0.469 e. The van der Waals surface area contributed by atoms with Crippen molar-refractivity contribution in [2.75, 3.05) is 12.3 Å². The van der Waals surface area contributed by atoms with Crippen LogP contribution in [0.3, 0.4) is 0 Å². The van der Waals surface area contributed by atoms with E-state index >= 15 is 0 Å². The first-order valence-corrected chi connectivity index (χ1v) is 9.12. The van der Waals surface area contributed by atoms with E-state index in [0.717, 1.165) is 24.4 Å². The number of amides is 1. The molecule has 1 amide bonds. The summed E-state index contributed by atoms with van der Waals surface area (Å²) in [6.45, 7) is 0.590. The molecule has 0 unspecified atom stereocenters. The number of furan rings is 1. The van der Waals surface area contributed by atoms with Gasteiger partial charge in [-0.05, 0) is 35.4 Å². The van der Waals surface area contributed by atoms with Crippen LogP contribution >= 0.6 is 11.8 Å². The smallest absolute Gasteiger partial charge is 0.230 e. The molecule has 124 valence electrons. The number of thioether (sulfide) groups is 1. The van der Waals surface area contributed by atoms with Gasteiger partial charge in [0.1, 0.15) is 5.76 Å². The predicted octanol–water partition coefficient (Wildman–Crippen LogP) is 1.97. The molecule has 3 rings (SSSR count). The van der Waals surface area contributed by atoms with Crippen molar-refractivity contribution >= 4 is 17.7 Å². The molecule has 1 fully saturated rings. The highest BCUT2D eigenvalue weighted by Crippen LogP contribution is 2.29. The van der Waals surface area contributed by atoms with Crippen LogP contribution < -0.4 is 5.32 Å². The lowest BCUT2D eigenvalue weighted by Gasteiger charge is -2.11. The lowest BCUT2D eigenvalue weighted by Crippen LogP contribution is -2.27. The van der Waals surface area contributed by atoms with Gasteiger partial charge in [0.15, 0.2) is 5.82 Å². The number of tetrazole rings is 1. The molecule has 2 aromatic rings. The van der Waals surface area contributed by atoms with Crippen LogP contribution in [0.25, 0.3) is 0 Å². The minimum Gasteiger partial charge on any atom is -0.469 e. The third kappa shape index (κ3) is 4.57. The summed E-state index contributed by atoms with van der Waals surface area (Å²) in [6, 6.07) is 4.19. The van der Waals surface area contributed by atoms with Crippen molar-refractivity contribution in [3.05, 3.63) is 30.0 Å². The highest BCUT2D eigenvalue weighted by atomic mass is 32.2. The number of carbonyl (C=O) groups excluding carboxylic acids is 1. The molecule has 7 nitrogen and oxygen atoms in total. The van der Waals surface area contributed by atoms with Gasteiger partial charge in [-0.3, -0.25) is 4.79 Å². The van der Waals surface area contributed by atoms with Crippen molar-refractivity contribution < 1.29 is 9.21 Å². The maximum atomic E-state index is 11.8. The molecular formula is C15H21N5O2S. The highest BCUT2D eigenvalue weighted by molar-refractivity contribution is 7.99. The van der Waals surface area contributed by atoms with Crippen LogP contribution in [0.2, 0.25) is 0 Å². The van der Waals surface area contributed by atoms with Gasteiger partial charge < -0.3 is 9.73 Å². The van der Waals surface area contributed by atoms with Gasteiger partial charge in [0.25, 0.3) is 0 Å². The van der Waals surface area contributed by atoms with Gasteiger partial charge in [0.05, 0.1) is 23.8 Å². The number of nitrogens with one attached hydrogen (secondary N) is 1. The molecule has 0 atom stereocenters. The Morgan fingerprint density at radius 1 is 1.43 bits per heavy atom. The Balaban J connectivity index is 1.36. The fraction of sp³-hybridized carbons (Fsp3) is 0.600. The van der Waals surface area contributed by atoms with E-state index in [4.69, 9.17) is 4.42 Å². The van der Waals surface area contributed by atoms with Crippen molar-refractivity contribution in [3.8, 4) is 0 Å². The molecular weight excluding hydrogens is 314 g/mol. The minimum absolute atomic E-state index is 0.0291. The minimum atomic E-state index is 0.0291. The van der Waals surface area contributed by atoms with Crippen LogP contribution in [0.15, 0.2) is 22.8 Å². The molecule has 0 aromatic carbocycles. The molecule has 0 bridgehead atoms. The second-order valence-corrected chi connectivity index (χ2v) is 6.64. The molecule has 1 saturated carbocycles. The Hall–Kier alpha value is -1.83. The molecule has 0 spiro atoms. The lowest BCUT2D eigenvalue weighted by atomic mass is 10.2. The first kappa shape index (κ1) is 16.0. The van der Waals surface area contributed by atoms with Crippen molar-refractivity contribution in [2.45, 2.75) is 43.9 Å². The van der Waals surface area contributed by atoms with Crippen molar-refractivity contribution in [1.29, 1.82) is 0 Å². The molecule has 1 aliphatic rings. The van der Waals surface area contributed by atoms with Gasteiger partial charge >= 0.3 is 0 Å². The Morgan fingerprint density at radius 2 is 2.30 bits per heavy atom. The summed E-state index contributed by atoms with van der Waals surface area (Å²) < 4.78 is 7.17. The average molecular weight is 335 g/mol. The molecule has 23 heavy (non-hydrogen) atoms. The normalized spacial score (nSPS) is 15.1. The highest BCUT2D eigenvalue weighted by Gasteiger charge is 2.21. The number of carbonyl (C=O) groups is 1. The van der Waals surface area contributed by atoms with Crippen LogP contribution in [-0.2, 0) is 17.0 Å². The van der Waals surface area contributed by atoms with E-state index in [1.165, 1.54) is 12.8 Å². The zero-order valence-corrected chi connectivity index (χ0v) is 13.8. The first-order chi connectivity index (χ1) is 11.3. The monoisotopic (exact) mass is 335 g/mol. The predicted molar refractivity (Wildman–Crippen MR) is 86.9 cm³/mol. The summed E-state index contributed by atoms with van der Waals surface area (Å²) in [4.78, 5) is 11.8. The van der Waals surface area contributed by atoms with E-state index in [0.29, 0.717) is 30.5 Å². The van der Waals surface area contributed by atoms with Crippen LogP contribution in [0.1, 0.15) is 43.3 Å². The summed E-state index contributed by atoms with van der Waals surface area (Å²) in [5, 5.41) is 14.9. The Kier molecular flexibility index (Phi) is 5.68. The van der Waals surface area contributed by atoms with Crippen molar-refractivity contribution in [1.82, 2.24) is 25.5 Å². The lowest BCUT2D eigenvalue weighted by molar-refractivity contribution is -0.118. The van der Waals surface area contributed by atoms with Gasteiger partial charge in [-0.1, -0.05) is 12.8 Å². The van der Waals surface area contributed by atoms with Crippen LogP contribution in [-0.4, -0.2) is 38.4 Å². The molecule has 2 heterocycles. The molecule has 1 aliphatic carbocycles. The number of aromatic nitrogens is 4. The first-order valence-electron chi connectivity index (χ1n) is 7.96. The third-order valence-electron chi connectivity index (χ3n) is 3.97. The van der Waals surface area contributed by atoms with E-state index in [1.807, 2.05) is 16.8 Å². The number of rotatable bonds is 8. The summed E-state index contributed by atoms with van der Waals surface area (Å²) in [5.41, 5.74) is 0. The van der Waals surface area contributed by atoms with Crippen LogP contribution in [0.5, 0.6) is 0 Å². The summed E-state index contributed by atoms with van der Waals surface area (Å²) in [5.74, 6) is 2.85. The third-order valence-corrected chi connectivity index (χ3v) is 4.90. The maximum Gasteiger partial charge on any atom is 0.230 e. The average Bonchev–Trinajstić information content (AvgIpc) is 3.29. The van der Waals surface area contributed by atoms with E-state index < -0.39 is 0 Å². The van der Waals surface area contributed by atoms with Gasteiger partial charge in [-0.2, -0.15) is 0 Å². The van der Waals surface area contributed by atoms with Gasteiger partial charge in [0.2, 0.25) is 5.91 Å². The number of nitrogens with zero attached hydrogens (tertiary/aromatic N) is 4. The Morgan fingerprint density at radius 3 is 3.09 bits per heavy atom. The summed E-state index contributed by atoms with van der Waals surface area (Å²) >= 11 is 1.54. The zero-order chi connectivity index (χ0) is 15.9. The number of hydrogen-bond donors (Lipinski definition) is 1. The molecule has 2 aromatic heterocycles. The van der Waals surface area contributed by atoms with E-state index in [1.54, 1.807) is 18.0 Å². The quantitative estimate of drug-likeness (QED) is 0.794. The second kappa shape index (κ2) is 8.14. The fourth-order valence-corrected chi connectivity index (χ4v) is 3.57. The molecule has 1 N–H and O–H groups in total. The Labute approximate surface area is 139 Å². The molecule has 0 saturated heterocycles. The van der Waals surface area contributed by atoms with E-state index in [9.17, 15) is 4.79 Å². The van der Waals surface area contributed by atoms with Crippen LogP contribution in [0, 0.1) is 0 Å². The molecule has 8 heteroatoms. The standard InChI is InChI=1S/C15H21N5O2S/c21-15(16-8-7-13-6-3-9-22-13)11-23-10-14-17-18-19-20(14)12-4-1-2-5-12/h3,6,9,12H,1-2,4-5,7-8,10-11H2,(H,16,21). The molecule has 0 aliphatic heterocycles. The molecule has 0 radical (unpaired) electrons. The van der Waals surface area contributed by atoms with Crippen molar-refractivity contribution in [3.63, 3.8) is 0 Å². The van der Waals surface area contributed by atoms with Crippen molar-refractivity contribution in [2.24, 2.45) is 0 Å². The fourth-order valence-electron chi connectivity index (χ4n) is 2.81. The van der Waals surface area contributed by atoms with Gasteiger partial charge in [-0.15, -0.1) is 16.9 Å². The maximum absolute atomic E-state index is 11.8. The van der Waals surface area contributed by atoms with E-state index in [-0.39, 0.29) is 5.91 Å². The second-order valence-electron chi connectivity index (χ2n) is 5.65. The van der Waals surface area contributed by atoms with Gasteiger partial charge in [-0.25, -0.2) is 4.68 Å². The summed E-state index contributed by atoms with van der Waals surface area (Å²) in [7, 11) is 0. The number of hydrogen-bond acceptors (Lipinski definition) is 6. The van der Waals surface area contributed by atoms with E-state index in [2.05, 4.69) is 20.8 Å².